The van der Waals surface area contributed by atoms with Crippen LogP contribution in [-0.4, -0.2) is 73.9 Å². The molecule has 2 heterocycles. The van der Waals surface area contributed by atoms with Gasteiger partial charge in [0.15, 0.2) is 0 Å². The number of rotatable bonds is 7. The minimum atomic E-state index is -3.94. The highest BCUT2D eigenvalue weighted by Gasteiger charge is 2.24. The van der Waals surface area contributed by atoms with E-state index in [4.69, 9.17) is 10.5 Å². The summed E-state index contributed by atoms with van der Waals surface area (Å²) in [6, 6.07) is -1.06. The third-order valence-electron chi connectivity index (χ3n) is 3.27. The van der Waals surface area contributed by atoms with Gasteiger partial charge in [0.1, 0.15) is 6.04 Å². The average molecular weight is 332 g/mol. The Morgan fingerprint density at radius 1 is 1.50 bits per heavy atom. The molecule has 0 aromatic carbocycles. The summed E-state index contributed by atoms with van der Waals surface area (Å²) in [5, 5.41) is 0. The van der Waals surface area contributed by atoms with Crippen LogP contribution in [0.5, 0.6) is 0 Å². The maximum atomic E-state index is 11.8. The molecule has 0 amide bonds. The van der Waals surface area contributed by atoms with Crippen LogP contribution in [0.15, 0.2) is 12.5 Å². The number of ether oxygens (including phenoxy) is 1. The molecule has 10 heteroatoms. The van der Waals surface area contributed by atoms with Crippen LogP contribution in [0.2, 0.25) is 0 Å². The van der Waals surface area contributed by atoms with Gasteiger partial charge >= 0.3 is 16.1 Å². The van der Waals surface area contributed by atoms with Gasteiger partial charge in [0.2, 0.25) is 0 Å². The van der Waals surface area contributed by atoms with Crippen LogP contribution in [0, 0.1) is 0 Å². The minimum Gasteiger partial charge on any atom is -0.379 e. The number of morpholine rings is 1. The number of nitrogens with zero attached hydrogens (tertiary/aromatic N) is 2. The monoisotopic (exact) mass is 332 g/mol. The molecule has 0 spiro atoms. The number of hydrogen-bond acceptors (Lipinski definition) is 8. The van der Waals surface area contributed by atoms with Crippen molar-refractivity contribution in [3.05, 3.63) is 18.2 Å². The third-order valence-corrected chi connectivity index (χ3v) is 4.37. The van der Waals surface area contributed by atoms with Crippen LogP contribution in [-0.2, 0) is 30.3 Å². The Hall–Kier alpha value is -1.49. The maximum Gasteiger partial charge on any atom is 0.339 e. The zero-order valence-electron chi connectivity index (χ0n) is 12.1. The Morgan fingerprint density at radius 3 is 2.86 bits per heavy atom. The molecular formula is C12H20N4O5S. The van der Waals surface area contributed by atoms with Gasteiger partial charge in [-0.2, -0.15) is 8.42 Å². The van der Waals surface area contributed by atoms with E-state index in [-0.39, 0.29) is 12.2 Å². The largest absolute Gasteiger partial charge is 0.379 e. The second-order valence-electron chi connectivity index (χ2n) is 5.01. The molecule has 1 fully saturated rings. The summed E-state index contributed by atoms with van der Waals surface area (Å²) in [5.74, 6) is -1.22. The number of H-pyrrole nitrogens is 1. The van der Waals surface area contributed by atoms with Crippen LogP contribution in [0.3, 0.4) is 0 Å². The fourth-order valence-corrected chi connectivity index (χ4v) is 2.95. The molecule has 124 valence electrons. The molecular weight excluding hydrogens is 312 g/mol. The van der Waals surface area contributed by atoms with Crippen molar-refractivity contribution in [2.24, 2.45) is 5.73 Å². The van der Waals surface area contributed by atoms with Crippen molar-refractivity contribution >= 4 is 16.1 Å². The topological polar surface area (TPSA) is 128 Å². The summed E-state index contributed by atoms with van der Waals surface area (Å²) in [6.45, 7) is 2.80. The Kier molecular flexibility index (Phi) is 5.89. The Labute approximate surface area is 128 Å². The number of aromatic nitrogens is 2. The molecule has 2 rings (SSSR count). The number of hydrogen-bond donors (Lipinski definition) is 2. The van der Waals surface area contributed by atoms with E-state index >= 15 is 0 Å². The van der Waals surface area contributed by atoms with Gasteiger partial charge in [0.05, 0.1) is 25.3 Å². The predicted molar refractivity (Wildman–Crippen MR) is 77.4 cm³/mol. The van der Waals surface area contributed by atoms with E-state index in [1.165, 1.54) is 12.5 Å². The van der Waals surface area contributed by atoms with E-state index in [0.29, 0.717) is 38.5 Å². The number of imidazole rings is 1. The predicted octanol–water partition coefficient (Wildman–Crippen LogP) is -1.52. The SMILES string of the molecule is N[C@@H](Cc1cnc[nH]1)C(=O)OS(=O)(=O)CCN1CCOCC1. The molecule has 1 atom stereocenters. The second-order valence-corrected chi connectivity index (χ2v) is 6.70. The molecule has 9 nitrogen and oxygen atoms in total. The van der Waals surface area contributed by atoms with Gasteiger partial charge < -0.3 is 19.6 Å². The lowest BCUT2D eigenvalue weighted by Crippen LogP contribution is -2.40. The number of carbonyl (C=O) groups excluding carboxylic acids is 1. The first kappa shape index (κ1) is 16.9. The lowest BCUT2D eigenvalue weighted by molar-refractivity contribution is -0.135. The molecule has 0 saturated carbocycles. The van der Waals surface area contributed by atoms with Crippen LogP contribution in [0.4, 0.5) is 0 Å². The standard InChI is InChI=1S/C12H20N4O5S/c13-11(7-10-8-14-9-15-10)12(17)21-22(18,19)6-3-16-1-4-20-5-2-16/h8-9,11H,1-7,13H2,(H,14,15)/t11-/m0/s1. The molecule has 0 radical (unpaired) electrons. The van der Waals surface area contributed by atoms with Gasteiger partial charge in [0.25, 0.3) is 0 Å². The van der Waals surface area contributed by atoms with Crippen molar-refractivity contribution in [3.8, 4) is 0 Å². The van der Waals surface area contributed by atoms with E-state index in [0.717, 1.165) is 0 Å². The molecule has 3 N–H and O–H groups in total. The molecule has 1 aromatic heterocycles. The highest BCUT2D eigenvalue weighted by molar-refractivity contribution is 7.87. The van der Waals surface area contributed by atoms with Crippen LogP contribution in [0.25, 0.3) is 0 Å². The Balaban J connectivity index is 1.78. The van der Waals surface area contributed by atoms with E-state index in [9.17, 15) is 13.2 Å². The van der Waals surface area contributed by atoms with E-state index in [1.807, 2.05) is 4.90 Å². The van der Waals surface area contributed by atoms with Gasteiger partial charge in [0, 0.05) is 37.9 Å². The summed E-state index contributed by atoms with van der Waals surface area (Å²) >= 11 is 0. The van der Waals surface area contributed by atoms with Gasteiger partial charge in [-0.25, -0.2) is 9.78 Å². The molecule has 0 aliphatic carbocycles. The van der Waals surface area contributed by atoms with Gasteiger partial charge in [-0.3, -0.25) is 4.90 Å². The van der Waals surface area contributed by atoms with Gasteiger partial charge in [-0.15, -0.1) is 0 Å². The van der Waals surface area contributed by atoms with Crippen molar-refractivity contribution < 1.29 is 22.1 Å². The van der Waals surface area contributed by atoms with E-state index in [1.54, 1.807) is 0 Å². The van der Waals surface area contributed by atoms with Crippen molar-refractivity contribution in [1.29, 1.82) is 0 Å². The molecule has 1 aromatic rings. The first-order valence-electron chi connectivity index (χ1n) is 6.95. The number of carbonyl (C=O) groups is 1. The molecule has 1 aliphatic rings. The summed E-state index contributed by atoms with van der Waals surface area (Å²) in [7, 11) is -3.94. The molecule has 1 saturated heterocycles. The lowest BCUT2D eigenvalue weighted by Gasteiger charge is -2.26. The highest BCUT2D eigenvalue weighted by Crippen LogP contribution is 2.04. The maximum absolute atomic E-state index is 11.8. The number of nitrogens with two attached hydrogens (primary N) is 1. The first-order chi connectivity index (χ1) is 10.5. The minimum absolute atomic E-state index is 0.137. The number of nitrogens with one attached hydrogen (secondary N) is 1. The number of aromatic amines is 1. The smallest absolute Gasteiger partial charge is 0.339 e. The average Bonchev–Trinajstić information content (AvgIpc) is 2.99. The summed E-state index contributed by atoms with van der Waals surface area (Å²) in [4.78, 5) is 20.3. The Morgan fingerprint density at radius 2 is 2.23 bits per heavy atom. The van der Waals surface area contributed by atoms with Crippen molar-refractivity contribution in [2.45, 2.75) is 12.5 Å². The zero-order valence-corrected chi connectivity index (χ0v) is 12.9. The summed E-state index contributed by atoms with van der Waals surface area (Å²) in [5.41, 5.74) is 6.28. The van der Waals surface area contributed by atoms with Crippen LogP contribution >= 0.6 is 0 Å². The zero-order chi connectivity index (χ0) is 16.0. The second kappa shape index (κ2) is 7.68. The molecule has 0 unspecified atom stereocenters. The van der Waals surface area contributed by atoms with Crippen molar-refractivity contribution in [2.75, 3.05) is 38.6 Å². The Bertz CT molecular complexity index is 568. The van der Waals surface area contributed by atoms with Crippen LogP contribution < -0.4 is 5.73 Å². The fourth-order valence-electron chi connectivity index (χ4n) is 2.01. The quantitative estimate of drug-likeness (QED) is 0.577. The molecule has 1 aliphatic heterocycles. The molecule has 22 heavy (non-hydrogen) atoms. The van der Waals surface area contributed by atoms with Crippen molar-refractivity contribution in [3.63, 3.8) is 0 Å². The summed E-state index contributed by atoms with van der Waals surface area (Å²) in [6.07, 6.45) is 3.10. The van der Waals surface area contributed by atoms with Crippen molar-refractivity contribution in [1.82, 2.24) is 14.9 Å². The first-order valence-corrected chi connectivity index (χ1v) is 8.53. The van der Waals surface area contributed by atoms with E-state index in [2.05, 4.69) is 14.2 Å². The van der Waals surface area contributed by atoms with Gasteiger partial charge in [-0.1, -0.05) is 0 Å². The van der Waals surface area contributed by atoms with E-state index < -0.39 is 22.1 Å². The van der Waals surface area contributed by atoms with Gasteiger partial charge in [-0.05, 0) is 0 Å². The normalized spacial score (nSPS) is 18.0. The highest BCUT2D eigenvalue weighted by atomic mass is 32.2. The lowest BCUT2D eigenvalue weighted by atomic mass is 10.2. The van der Waals surface area contributed by atoms with Crippen LogP contribution in [0.1, 0.15) is 5.69 Å². The third kappa shape index (κ3) is 5.37. The fraction of sp³-hybridized carbons (Fsp3) is 0.667. The summed E-state index contributed by atoms with van der Waals surface area (Å²) < 4.78 is 33.4. The molecule has 0 bridgehead atoms.